The summed E-state index contributed by atoms with van der Waals surface area (Å²) in [6.07, 6.45) is 3.97. The summed E-state index contributed by atoms with van der Waals surface area (Å²) in [7, 11) is 0. The van der Waals surface area contributed by atoms with Crippen LogP contribution in [-0.4, -0.2) is 25.1 Å². The molecule has 3 rings (SSSR count). The number of fused-ring (bicyclic) bond motifs is 1. The minimum absolute atomic E-state index is 0.270. The second-order valence-electron chi connectivity index (χ2n) is 6.34. The van der Waals surface area contributed by atoms with Crippen LogP contribution in [0.2, 0.25) is 0 Å². The summed E-state index contributed by atoms with van der Waals surface area (Å²) in [6, 6.07) is 9.49. The topological polar surface area (TPSA) is 88.4 Å². The zero-order valence-electron chi connectivity index (χ0n) is 15.0. The van der Waals surface area contributed by atoms with E-state index in [0.29, 0.717) is 16.3 Å². The number of aryl methyl sites for hydroxylation is 2. The average molecular weight is 384 g/mol. The van der Waals surface area contributed by atoms with Gasteiger partial charge in [0.05, 0.1) is 5.56 Å². The Kier molecular flexibility index (Phi) is 6.09. The molecule has 0 fully saturated rings. The first-order chi connectivity index (χ1) is 13.1. The third kappa shape index (κ3) is 4.86. The lowest BCUT2D eigenvalue weighted by Crippen LogP contribution is -2.23. The maximum Gasteiger partial charge on any atom is 0.344 e. The van der Waals surface area contributed by atoms with Crippen molar-refractivity contribution >= 4 is 28.2 Å². The molecular formula is C20H20N2O4S. The minimum Gasteiger partial charge on any atom is -0.482 e. The van der Waals surface area contributed by atoms with Crippen molar-refractivity contribution in [2.45, 2.75) is 32.6 Å². The molecule has 2 aromatic rings. The van der Waals surface area contributed by atoms with Gasteiger partial charge in [-0.2, -0.15) is 5.26 Å². The normalized spacial score (nSPS) is 12.6. The van der Waals surface area contributed by atoms with E-state index in [9.17, 15) is 14.9 Å². The number of hydrogen-bond acceptors (Lipinski definition) is 6. The molecule has 0 bridgehead atoms. The Labute approximate surface area is 161 Å². The molecule has 0 saturated carbocycles. The molecule has 1 aliphatic carbocycles. The number of benzene rings is 1. The van der Waals surface area contributed by atoms with Crippen LogP contribution in [0.5, 0.6) is 5.75 Å². The summed E-state index contributed by atoms with van der Waals surface area (Å²) in [6.45, 7) is 1.24. The number of nitrogens with one attached hydrogen (secondary N) is 1. The number of ether oxygens (including phenoxy) is 2. The SMILES string of the molecule is Cc1cccc(OCC(=O)OCC(=O)Nc2sc3c(c2C#N)CCCC3)c1. The van der Waals surface area contributed by atoms with Crippen LogP contribution in [0.3, 0.4) is 0 Å². The van der Waals surface area contributed by atoms with E-state index in [1.165, 1.54) is 11.3 Å². The molecule has 0 unspecified atom stereocenters. The van der Waals surface area contributed by atoms with Gasteiger partial charge in [-0.15, -0.1) is 11.3 Å². The molecule has 1 aromatic heterocycles. The van der Waals surface area contributed by atoms with Crippen LogP contribution in [0, 0.1) is 18.3 Å². The Balaban J connectivity index is 1.49. The lowest BCUT2D eigenvalue weighted by atomic mass is 9.96. The van der Waals surface area contributed by atoms with Gasteiger partial charge in [0.25, 0.3) is 5.91 Å². The molecule has 0 spiro atoms. The number of thiophene rings is 1. The highest BCUT2D eigenvalue weighted by molar-refractivity contribution is 7.16. The predicted molar refractivity (Wildman–Crippen MR) is 102 cm³/mol. The van der Waals surface area contributed by atoms with E-state index in [1.807, 2.05) is 25.1 Å². The number of anilines is 1. The van der Waals surface area contributed by atoms with Gasteiger partial charge in [-0.25, -0.2) is 4.79 Å². The van der Waals surface area contributed by atoms with Gasteiger partial charge >= 0.3 is 5.97 Å². The molecular weight excluding hydrogens is 364 g/mol. The summed E-state index contributed by atoms with van der Waals surface area (Å²) in [4.78, 5) is 25.0. The van der Waals surface area contributed by atoms with E-state index in [2.05, 4.69) is 11.4 Å². The monoisotopic (exact) mass is 384 g/mol. The van der Waals surface area contributed by atoms with Crippen LogP contribution < -0.4 is 10.1 Å². The van der Waals surface area contributed by atoms with Crippen molar-refractivity contribution in [1.82, 2.24) is 0 Å². The van der Waals surface area contributed by atoms with Gasteiger partial charge in [0.2, 0.25) is 0 Å². The molecule has 140 valence electrons. The number of nitrogens with zero attached hydrogens (tertiary/aromatic N) is 1. The Bertz CT molecular complexity index is 898. The number of nitriles is 1. The van der Waals surface area contributed by atoms with Crippen LogP contribution >= 0.6 is 11.3 Å². The van der Waals surface area contributed by atoms with Crippen LogP contribution in [-0.2, 0) is 27.2 Å². The van der Waals surface area contributed by atoms with Gasteiger partial charge in [-0.3, -0.25) is 4.79 Å². The van der Waals surface area contributed by atoms with Crippen molar-refractivity contribution in [3.05, 3.63) is 45.8 Å². The number of rotatable bonds is 6. The third-order valence-electron chi connectivity index (χ3n) is 4.25. The number of amides is 1. The van der Waals surface area contributed by atoms with Gasteiger partial charge in [-0.05, 0) is 55.9 Å². The third-order valence-corrected chi connectivity index (χ3v) is 5.45. The van der Waals surface area contributed by atoms with Crippen LogP contribution in [0.1, 0.15) is 34.4 Å². The Morgan fingerprint density at radius 1 is 1.26 bits per heavy atom. The largest absolute Gasteiger partial charge is 0.482 e. The minimum atomic E-state index is -0.627. The maximum absolute atomic E-state index is 12.1. The van der Waals surface area contributed by atoms with Gasteiger partial charge in [0.1, 0.15) is 16.8 Å². The first-order valence-electron chi connectivity index (χ1n) is 8.76. The van der Waals surface area contributed by atoms with Gasteiger partial charge in [0, 0.05) is 4.88 Å². The van der Waals surface area contributed by atoms with Gasteiger partial charge in [-0.1, -0.05) is 12.1 Å². The van der Waals surface area contributed by atoms with Crippen molar-refractivity contribution in [2.24, 2.45) is 0 Å². The molecule has 6 nitrogen and oxygen atoms in total. The second-order valence-corrected chi connectivity index (χ2v) is 7.45. The predicted octanol–water partition coefficient (Wildman–Crippen LogP) is 3.37. The highest BCUT2D eigenvalue weighted by Crippen LogP contribution is 2.37. The van der Waals surface area contributed by atoms with E-state index in [1.54, 1.807) is 6.07 Å². The van der Waals surface area contributed by atoms with Gasteiger partial charge in [0.15, 0.2) is 13.2 Å². The zero-order valence-corrected chi connectivity index (χ0v) is 15.9. The first kappa shape index (κ1) is 18.9. The fourth-order valence-electron chi connectivity index (χ4n) is 2.97. The highest BCUT2D eigenvalue weighted by atomic mass is 32.1. The molecule has 1 heterocycles. The Morgan fingerprint density at radius 3 is 2.85 bits per heavy atom. The summed E-state index contributed by atoms with van der Waals surface area (Å²) < 4.78 is 10.3. The molecule has 1 N–H and O–H groups in total. The van der Waals surface area contributed by atoms with E-state index in [-0.39, 0.29) is 6.61 Å². The zero-order chi connectivity index (χ0) is 19.2. The summed E-state index contributed by atoms with van der Waals surface area (Å²) in [5.41, 5.74) is 2.61. The second kappa shape index (κ2) is 8.69. The molecule has 1 amide bonds. The summed E-state index contributed by atoms with van der Waals surface area (Å²) >= 11 is 1.44. The van der Waals surface area contributed by atoms with E-state index < -0.39 is 18.5 Å². The van der Waals surface area contributed by atoms with Crippen LogP contribution in [0.15, 0.2) is 24.3 Å². The van der Waals surface area contributed by atoms with Crippen molar-refractivity contribution in [3.63, 3.8) is 0 Å². The van der Waals surface area contributed by atoms with E-state index in [0.717, 1.165) is 41.7 Å². The average Bonchev–Trinajstić information content (AvgIpc) is 3.01. The van der Waals surface area contributed by atoms with Crippen molar-refractivity contribution < 1.29 is 19.1 Å². The molecule has 27 heavy (non-hydrogen) atoms. The molecule has 0 radical (unpaired) electrons. The molecule has 0 aliphatic heterocycles. The lowest BCUT2D eigenvalue weighted by Gasteiger charge is -2.09. The number of hydrogen-bond donors (Lipinski definition) is 1. The van der Waals surface area contributed by atoms with Crippen molar-refractivity contribution in [1.29, 1.82) is 5.26 Å². The van der Waals surface area contributed by atoms with E-state index in [4.69, 9.17) is 9.47 Å². The number of carbonyl (C=O) groups excluding carboxylic acids is 2. The summed E-state index contributed by atoms with van der Waals surface area (Å²) in [5, 5.41) is 12.6. The maximum atomic E-state index is 12.1. The summed E-state index contributed by atoms with van der Waals surface area (Å²) in [5.74, 6) is -0.522. The first-order valence-corrected chi connectivity index (χ1v) is 9.58. The standard InChI is InChI=1S/C20H20N2O4S/c1-13-5-4-6-14(9-13)25-12-19(24)26-11-18(23)22-20-16(10-21)15-7-2-3-8-17(15)27-20/h4-6,9H,2-3,7-8,11-12H2,1H3,(H,22,23). The highest BCUT2D eigenvalue weighted by Gasteiger charge is 2.22. The fourth-order valence-corrected chi connectivity index (χ4v) is 4.23. The lowest BCUT2D eigenvalue weighted by molar-refractivity contribution is -0.149. The van der Waals surface area contributed by atoms with Gasteiger partial charge < -0.3 is 14.8 Å². The fraction of sp³-hybridized carbons (Fsp3) is 0.350. The van der Waals surface area contributed by atoms with E-state index >= 15 is 0 Å². The van der Waals surface area contributed by atoms with Crippen molar-refractivity contribution in [3.8, 4) is 11.8 Å². The smallest absolute Gasteiger partial charge is 0.344 e. The van der Waals surface area contributed by atoms with Crippen LogP contribution in [0.4, 0.5) is 5.00 Å². The molecule has 7 heteroatoms. The molecule has 1 aromatic carbocycles. The quantitative estimate of drug-likeness (QED) is 0.772. The molecule has 1 aliphatic rings. The Hall–Kier alpha value is -2.85. The number of carbonyl (C=O) groups is 2. The molecule has 0 saturated heterocycles. The number of esters is 1. The van der Waals surface area contributed by atoms with Crippen LogP contribution in [0.25, 0.3) is 0 Å². The Morgan fingerprint density at radius 2 is 2.07 bits per heavy atom. The van der Waals surface area contributed by atoms with Crippen molar-refractivity contribution in [2.75, 3.05) is 18.5 Å². The molecule has 0 atom stereocenters.